The van der Waals surface area contributed by atoms with Crippen LogP contribution in [0.3, 0.4) is 0 Å². The van der Waals surface area contributed by atoms with Gasteiger partial charge in [0.25, 0.3) is 0 Å². The fourth-order valence-electron chi connectivity index (χ4n) is 8.19. The summed E-state index contributed by atoms with van der Waals surface area (Å²) in [4.78, 5) is 5.40. The van der Waals surface area contributed by atoms with E-state index in [2.05, 4.69) is 223 Å². The standard InChI is InChI=1S/C53H36N2/c1-5-19-37(20-6-1)43-27-13-14-28-44(43)50-47-31-17-15-29-45(47)49(46-30-16-18-32-48(46)50)38-33-35-42(36-34-38)55-52(40-23-9-3-10-24-40)51(39-21-7-2-8-22-39)54-53(55)41-25-11-4-12-26-41/h1-36H. The van der Waals surface area contributed by atoms with E-state index >= 15 is 0 Å². The van der Waals surface area contributed by atoms with Crippen molar-refractivity contribution in [2.75, 3.05) is 0 Å². The molecule has 0 fully saturated rings. The van der Waals surface area contributed by atoms with Crippen molar-refractivity contribution >= 4 is 21.5 Å². The van der Waals surface area contributed by atoms with Gasteiger partial charge >= 0.3 is 0 Å². The number of rotatable bonds is 7. The number of imidazole rings is 1. The van der Waals surface area contributed by atoms with Gasteiger partial charge in [-0.05, 0) is 67.1 Å². The Balaban J connectivity index is 1.20. The second-order valence-corrected chi connectivity index (χ2v) is 13.9. The predicted octanol–water partition coefficient (Wildman–Crippen LogP) is 14.2. The maximum atomic E-state index is 5.40. The smallest absolute Gasteiger partial charge is 0.145 e. The minimum atomic E-state index is 0.906. The van der Waals surface area contributed by atoms with Crippen molar-refractivity contribution in [1.82, 2.24) is 9.55 Å². The highest BCUT2D eigenvalue weighted by Crippen LogP contribution is 2.46. The second-order valence-electron chi connectivity index (χ2n) is 13.9. The number of hydrogen-bond donors (Lipinski definition) is 0. The van der Waals surface area contributed by atoms with Crippen LogP contribution in [-0.2, 0) is 0 Å². The maximum absolute atomic E-state index is 5.40. The lowest BCUT2D eigenvalue weighted by atomic mass is 9.84. The van der Waals surface area contributed by atoms with Crippen molar-refractivity contribution in [2.45, 2.75) is 0 Å². The Morgan fingerprint density at radius 1 is 0.291 bits per heavy atom. The normalized spacial score (nSPS) is 11.3. The van der Waals surface area contributed by atoms with E-state index in [0.29, 0.717) is 0 Å². The van der Waals surface area contributed by atoms with Crippen LogP contribution in [0.1, 0.15) is 0 Å². The zero-order valence-corrected chi connectivity index (χ0v) is 30.2. The lowest BCUT2D eigenvalue weighted by Gasteiger charge is -2.20. The molecular formula is C53H36N2. The van der Waals surface area contributed by atoms with Gasteiger partial charge in [-0.3, -0.25) is 4.57 Å². The van der Waals surface area contributed by atoms with E-state index in [1.165, 1.54) is 54.9 Å². The van der Waals surface area contributed by atoms with Crippen molar-refractivity contribution < 1.29 is 0 Å². The number of nitrogens with zero attached hydrogens (tertiary/aromatic N) is 2. The largest absolute Gasteiger partial charge is 0.292 e. The first-order chi connectivity index (χ1) is 27.3. The molecule has 0 unspecified atom stereocenters. The molecule has 0 N–H and O–H groups in total. The Morgan fingerprint density at radius 2 is 0.709 bits per heavy atom. The van der Waals surface area contributed by atoms with Crippen molar-refractivity contribution in [3.05, 3.63) is 218 Å². The van der Waals surface area contributed by atoms with Crippen LogP contribution in [0.25, 0.3) is 94.5 Å². The summed E-state index contributed by atoms with van der Waals surface area (Å²) in [5.74, 6) is 0.906. The zero-order chi connectivity index (χ0) is 36.6. The van der Waals surface area contributed by atoms with Crippen LogP contribution in [0.2, 0.25) is 0 Å². The summed E-state index contributed by atoms with van der Waals surface area (Å²) in [5.41, 5.74) is 13.7. The fourth-order valence-corrected chi connectivity index (χ4v) is 8.19. The SMILES string of the molecule is c1ccc(-c2ccccc2-c2c3ccccc3c(-c3ccc(-n4c(-c5ccccc5)nc(-c5ccccc5)c4-c4ccccc4)cc3)c3ccccc23)cc1. The van der Waals surface area contributed by atoms with Gasteiger partial charge < -0.3 is 0 Å². The Kier molecular flexibility index (Phi) is 8.20. The highest BCUT2D eigenvalue weighted by molar-refractivity contribution is 6.22. The summed E-state index contributed by atoms with van der Waals surface area (Å²) >= 11 is 0. The van der Waals surface area contributed by atoms with Crippen LogP contribution in [-0.4, -0.2) is 9.55 Å². The molecule has 258 valence electrons. The summed E-state index contributed by atoms with van der Waals surface area (Å²) in [5, 5.41) is 4.94. The molecule has 0 aliphatic rings. The average Bonchev–Trinajstić information content (AvgIpc) is 3.68. The van der Waals surface area contributed by atoms with Gasteiger partial charge in [0, 0.05) is 22.4 Å². The van der Waals surface area contributed by atoms with E-state index in [-0.39, 0.29) is 0 Å². The van der Waals surface area contributed by atoms with Gasteiger partial charge in [-0.15, -0.1) is 0 Å². The topological polar surface area (TPSA) is 17.8 Å². The van der Waals surface area contributed by atoms with Gasteiger partial charge in [0.15, 0.2) is 0 Å². The Hall–Kier alpha value is -7.29. The van der Waals surface area contributed by atoms with E-state index in [1.807, 2.05) is 0 Å². The van der Waals surface area contributed by atoms with Crippen LogP contribution < -0.4 is 0 Å². The fraction of sp³-hybridized carbons (Fsp3) is 0. The Morgan fingerprint density at radius 3 is 1.25 bits per heavy atom. The number of hydrogen-bond acceptors (Lipinski definition) is 1. The van der Waals surface area contributed by atoms with E-state index in [4.69, 9.17) is 4.98 Å². The molecule has 0 radical (unpaired) electrons. The molecule has 0 saturated carbocycles. The molecule has 55 heavy (non-hydrogen) atoms. The quantitative estimate of drug-likeness (QED) is 0.151. The van der Waals surface area contributed by atoms with Gasteiger partial charge in [0.05, 0.1) is 11.4 Å². The first-order valence-electron chi connectivity index (χ1n) is 18.8. The molecule has 0 saturated heterocycles. The molecule has 1 heterocycles. The summed E-state index contributed by atoms with van der Waals surface area (Å²) in [7, 11) is 0. The molecule has 10 rings (SSSR count). The summed E-state index contributed by atoms with van der Waals surface area (Å²) in [6, 6.07) is 78.1. The van der Waals surface area contributed by atoms with Crippen molar-refractivity contribution in [3.8, 4) is 73.0 Å². The summed E-state index contributed by atoms with van der Waals surface area (Å²) in [6.45, 7) is 0. The van der Waals surface area contributed by atoms with Crippen molar-refractivity contribution in [3.63, 3.8) is 0 Å². The third-order valence-electron chi connectivity index (χ3n) is 10.6. The number of aromatic nitrogens is 2. The highest BCUT2D eigenvalue weighted by atomic mass is 15.1. The molecule has 0 atom stereocenters. The number of fused-ring (bicyclic) bond motifs is 2. The summed E-state index contributed by atoms with van der Waals surface area (Å²) in [6.07, 6.45) is 0. The maximum Gasteiger partial charge on any atom is 0.145 e. The number of benzene rings is 9. The molecule has 2 heteroatoms. The minimum absolute atomic E-state index is 0.906. The van der Waals surface area contributed by atoms with Gasteiger partial charge in [-0.25, -0.2) is 4.98 Å². The van der Waals surface area contributed by atoms with E-state index in [9.17, 15) is 0 Å². The molecule has 0 aliphatic carbocycles. The van der Waals surface area contributed by atoms with Crippen molar-refractivity contribution in [1.29, 1.82) is 0 Å². The van der Waals surface area contributed by atoms with Crippen LogP contribution in [0.15, 0.2) is 218 Å². The lowest BCUT2D eigenvalue weighted by Crippen LogP contribution is -2.00. The van der Waals surface area contributed by atoms with Crippen LogP contribution >= 0.6 is 0 Å². The Labute approximate surface area is 321 Å². The molecule has 10 aromatic rings. The molecule has 0 amide bonds. The molecule has 1 aromatic heterocycles. The monoisotopic (exact) mass is 700 g/mol. The van der Waals surface area contributed by atoms with Gasteiger partial charge in [-0.2, -0.15) is 0 Å². The lowest BCUT2D eigenvalue weighted by molar-refractivity contribution is 1.07. The van der Waals surface area contributed by atoms with Crippen molar-refractivity contribution in [2.24, 2.45) is 0 Å². The molecule has 9 aromatic carbocycles. The average molecular weight is 701 g/mol. The zero-order valence-electron chi connectivity index (χ0n) is 30.2. The highest BCUT2D eigenvalue weighted by Gasteiger charge is 2.23. The first-order valence-corrected chi connectivity index (χ1v) is 18.8. The minimum Gasteiger partial charge on any atom is -0.292 e. The predicted molar refractivity (Wildman–Crippen MR) is 231 cm³/mol. The van der Waals surface area contributed by atoms with Crippen LogP contribution in [0.4, 0.5) is 0 Å². The molecule has 2 nitrogen and oxygen atoms in total. The van der Waals surface area contributed by atoms with E-state index in [0.717, 1.165) is 39.6 Å². The third-order valence-corrected chi connectivity index (χ3v) is 10.6. The Bertz CT molecular complexity index is 2870. The third kappa shape index (κ3) is 5.72. The first kappa shape index (κ1) is 32.4. The van der Waals surface area contributed by atoms with Gasteiger partial charge in [-0.1, -0.05) is 206 Å². The summed E-state index contributed by atoms with van der Waals surface area (Å²) < 4.78 is 2.33. The van der Waals surface area contributed by atoms with Gasteiger partial charge in [0.1, 0.15) is 5.82 Å². The van der Waals surface area contributed by atoms with E-state index < -0.39 is 0 Å². The van der Waals surface area contributed by atoms with Crippen LogP contribution in [0.5, 0.6) is 0 Å². The molecular weight excluding hydrogens is 665 g/mol. The van der Waals surface area contributed by atoms with Gasteiger partial charge in [0.2, 0.25) is 0 Å². The second kappa shape index (κ2) is 13.9. The molecule has 0 aliphatic heterocycles. The van der Waals surface area contributed by atoms with Crippen LogP contribution in [0, 0.1) is 0 Å². The molecule has 0 spiro atoms. The molecule has 0 bridgehead atoms. The van der Waals surface area contributed by atoms with E-state index in [1.54, 1.807) is 0 Å².